The van der Waals surface area contributed by atoms with E-state index in [4.69, 9.17) is 4.74 Å². The lowest BCUT2D eigenvalue weighted by atomic mass is 10.2. The maximum absolute atomic E-state index is 5.19. The number of rotatable bonds is 8. The molecule has 102 valence electrons. The Bertz CT molecular complexity index is 351. The van der Waals surface area contributed by atoms with Crippen molar-refractivity contribution in [1.29, 1.82) is 0 Å². The molecule has 0 aliphatic rings. The van der Waals surface area contributed by atoms with Gasteiger partial charge in [-0.1, -0.05) is 27.2 Å². The first kappa shape index (κ1) is 14.8. The van der Waals surface area contributed by atoms with Crippen LogP contribution in [0.1, 0.15) is 45.0 Å². The van der Waals surface area contributed by atoms with Crippen molar-refractivity contribution in [2.45, 2.75) is 52.5 Å². The largest absolute Gasteiger partial charge is 0.383 e. The molecule has 0 saturated heterocycles. The van der Waals surface area contributed by atoms with Gasteiger partial charge in [0, 0.05) is 7.11 Å². The molecule has 0 fully saturated rings. The number of aromatic nitrogens is 3. The monoisotopic (exact) mass is 252 g/mol. The van der Waals surface area contributed by atoms with Crippen molar-refractivity contribution in [2.24, 2.45) is 0 Å². The van der Waals surface area contributed by atoms with Gasteiger partial charge in [-0.05, 0) is 19.3 Å². The summed E-state index contributed by atoms with van der Waals surface area (Å²) in [5.74, 6) is 0.611. The number of aryl methyl sites for hydroxylation is 2. The molecule has 0 spiro atoms. The standard InChI is InChI=1S/C13H24N4O/c1-5-8-10(9-18-4)14-13-15-11(6-2)12(7-3)16-17-13/h10H,5-9H2,1-4H3,(H,14,15,17). The van der Waals surface area contributed by atoms with Crippen LogP contribution in [-0.4, -0.2) is 34.9 Å². The minimum atomic E-state index is 0.249. The average Bonchev–Trinajstić information content (AvgIpc) is 2.39. The first-order valence-electron chi connectivity index (χ1n) is 6.72. The fourth-order valence-electron chi connectivity index (χ4n) is 1.93. The molecule has 1 aromatic heterocycles. The van der Waals surface area contributed by atoms with Gasteiger partial charge in [0.1, 0.15) is 0 Å². The Kier molecular flexibility index (Phi) is 6.57. The molecule has 0 radical (unpaired) electrons. The molecule has 1 N–H and O–H groups in total. The first-order valence-corrected chi connectivity index (χ1v) is 6.72. The smallest absolute Gasteiger partial charge is 0.243 e. The predicted molar refractivity (Wildman–Crippen MR) is 72.8 cm³/mol. The van der Waals surface area contributed by atoms with E-state index in [-0.39, 0.29) is 6.04 Å². The highest BCUT2D eigenvalue weighted by Gasteiger charge is 2.11. The molecule has 18 heavy (non-hydrogen) atoms. The SMILES string of the molecule is CCCC(COC)Nc1nnc(CC)c(CC)n1. The van der Waals surface area contributed by atoms with E-state index in [1.165, 1.54) is 0 Å². The zero-order valence-corrected chi connectivity index (χ0v) is 11.9. The summed E-state index contributed by atoms with van der Waals surface area (Å²) in [4.78, 5) is 4.53. The molecule has 1 atom stereocenters. The Morgan fingerprint density at radius 3 is 2.39 bits per heavy atom. The van der Waals surface area contributed by atoms with E-state index in [1.807, 2.05) is 0 Å². The third-order valence-electron chi connectivity index (χ3n) is 2.85. The Labute approximate surface area is 109 Å². The van der Waals surface area contributed by atoms with Crippen molar-refractivity contribution in [1.82, 2.24) is 15.2 Å². The lowest BCUT2D eigenvalue weighted by Crippen LogP contribution is -2.26. The number of anilines is 1. The minimum Gasteiger partial charge on any atom is -0.383 e. The quantitative estimate of drug-likeness (QED) is 0.768. The van der Waals surface area contributed by atoms with Crippen molar-refractivity contribution >= 4 is 5.95 Å². The van der Waals surface area contributed by atoms with Crippen LogP contribution in [0.4, 0.5) is 5.95 Å². The van der Waals surface area contributed by atoms with Crippen LogP contribution >= 0.6 is 0 Å². The van der Waals surface area contributed by atoms with Gasteiger partial charge in [0.2, 0.25) is 5.95 Å². The molecule has 0 saturated carbocycles. The number of ether oxygens (including phenoxy) is 1. The molecule has 1 aromatic rings. The van der Waals surface area contributed by atoms with Crippen LogP contribution in [0.15, 0.2) is 0 Å². The lowest BCUT2D eigenvalue weighted by Gasteiger charge is -2.17. The topological polar surface area (TPSA) is 59.9 Å². The summed E-state index contributed by atoms with van der Waals surface area (Å²) in [6.07, 6.45) is 3.90. The zero-order valence-electron chi connectivity index (χ0n) is 11.9. The number of hydrogen-bond donors (Lipinski definition) is 1. The van der Waals surface area contributed by atoms with E-state index in [0.717, 1.165) is 37.1 Å². The van der Waals surface area contributed by atoms with Gasteiger partial charge in [0.15, 0.2) is 0 Å². The molecule has 0 amide bonds. The fraction of sp³-hybridized carbons (Fsp3) is 0.769. The van der Waals surface area contributed by atoms with E-state index < -0.39 is 0 Å². The second-order valence-corrected chi connectivity index (χ2v) is 4.32. The van der Waals surface area contributed by atoms with Gasteiger partial charge in [0.25, 0.3) is 0 Å². The normalized spacial score (nSPS) is 12.4. The van der Waals surface area contributed by atoms with E-state index in [9.17, 15) is 0 Å². The fourth-order valence-corrected chi connectivity index (χ4v) is 1.93. The Hall–Kier alpha value is -1.23. The summed E-state index contributed by atoms with van der Waals surface area (Å²) in [6, 6.07) is 0.249. The maximum Gasteiger partial charge on any atom is 0.243 e. The maximum atomic E-state index is 5.19. The van der Waals surface area contributed by atoms with Crippen molar-refractivity contribution < 1.29 is 4.74 Å². The van der Waals surface area contributed by atoms with Crippen molar-refractivity contribution in [2.75, 3.05) is 19.0 Å². The first-order chi connectivity index (χ1) is 8.74. The molecular weight excluding hydrogens is 228 g/mol. The second-order valence-electron chi connectivity index (χ2n) is 4.32. The third kappa shape index (κ3) is 4.22. The molecule has 1 rings (SSSR count). The summed E-state index contributed by atoms with van der Waals surface area (Å²) in [5, 5.41) is 11.7. The summed E-state index contributed by atoms with van der Waals surface area (Å²) >= 11 is 0. The molecule has 0 aromatic carbocycles. The summed E-state index contributed by atoms with van der Waals surface area (Å²) in [6.45, 7) is 6.98. The second kappa shape index (κ2) is 7.97. The minimum absolute atomic E-state index is 0.249. The van der Waals surface area contributed by atoms with E-state index in [0.29, 0.717) is 12.6 Å². The summed E-state index contributed by atoms with van der Waals surface area (Å²) < 4.78 is 5.19. The van der Waals surface area contributed by atoms with Crippen LogP contribution in [0.5, 0.6) is 0 Å². The van der Waals surface area contributed by atoms with Gasteiger partial charge < -0.3 is 10.1 Å². The predicted octanol–water partition coefficient (Wildman–Crippen LogP) is 2.22. The van der Waals surface area contributed by atoms with Crippen LogP contribution in [-0.2, 0) is 17.6 Å². The van der Waals surface area contributed by atoms with Gasteiger partial charge in [0.05, 0.1) is 24.0 Å². The number of nitrogens with zero attached hydrogens (tertiary/aromatic N) is 3. The Morgan fingerprint density at radius 2 is 1.83 bits per heavy atom. The van der Waals surface area contributed by atoms with Gasteiger partial charge >= 0.3 is 0 Å². The van der Waals surface area contributed by atoms with Crippen LogP contribution in [0.25, 0.3) is 0 Å². The zero-order chi connectivity index (χ0) is 13.4. The molecular formula is C13H24N4O. The highest BCUT2D eigenvalue weighted by atomic mass is 16.5. The van der Waals surface area contributed by atoms with Gasteiger partial charge in [-0.2, -0.15) is 5.10 Å². The van der Waals surface area contributed by atoms with Gasteiger partial charge in [-0.15, -0.1) is 5.10 Å². The molecule has 1 heterocycles. The lowest BCUT2D eigenvalue weighted by molar-refractivity contribution is 0.182. The van der Waals surface area contributed by atoms with Crippen LogP contribution in [0.3, 0.4) is 0 Å². The Balaban J connectivity index is 2.76. The molecule has 0 bridgehead atoms. The van der Waals surface area contributed by atoms with Crippen molar-refractivity contribution in [3.63, 3.8) is 0 Å². The average molecular weight is 252 g/mol. The van der Waals surface area contributed by atoms with Gasteiger partial charge in [-0.3, -0.25) is 0 Å². The van der Waals surface area contributed by atoms with Crippen LogP contribution < -0.4 is 5.32 Å². The van der Waals surface area contributed by atoms with Crippen LogP contribution in [0.2, 0.25) is 0 Å². The van der Waals surface area contributed by atoms with Crippen molar-refractivity contribution in [3.8, 4) is 0 Å². The van der Waals surface area contributed by atoms with E-state index in [1.54, 1.807) is 7.11 Å². The Morgan fingerprint density at radius 1 is 1.11 bits per heavy atom. The molecule has 5 nitrogen and oxygen atoms in total. The summed E-state index contributed by atoms with van der Waals surface area (Å²) in [7, 11) is 1.71. The molecule has 1 unspecified atom stereocenters. The highest BCUT2D eigenvalue weighted by molar-refractivity contribution is 5.27. The number of hydrogen-bond acceptors (Lipinski definition) is 5. The molecule has 0 aliphatic carbocycles. The van der Waals surface area contributed by atoms with E-state index in [2.05, 4.69) is 41.3 Å². The van der Waals surface area contributed by atoms with Gasteiger partial charge in [-0.25, -0.2) is 4.98 Å². The van der Waals surface area contributed by atoms with Crippen molar-refractivity contribution in [3.05, 3.63) is 11.4 Å². The van der Waals surface area contributed by atoms with Crippen LogP contribution in [0, 0.1) is 0 Å². The number of nitrogens with one attached hydrogen (secondary N) is 1. The third-order valence-corrected chi connectivity index (χ3v) is 2.85. The summed E-state index contributed by atoms with van der Waals surface area (Å²) in [5.41, 5.74) is 2.02. The molecule has 0 aliphatic heterocycles. The van der Waals surface area contributed by atoms with E-state index >= 15 is 0 Å². The number of methoxy groups -OCH3 is 1. The highest BCUT2D eigenvalue weighted by Crippen LogP contribution is 2.09. The molecule has 5 heteroatoms.